The zero-order valence-corrected chi connectivity index (χ0v) is 15.5. The molecule has 3 heterocycles. The van der Waals surface area contributed by atoms with Crippen LogP contribution in [0, 0.1) is 0 Å². The Morgan fingerprint density at radius 3 is 2.52 bits per heavy atom. The van der Waals surface area contributed by atoms with E-state index in [-0.39, 0.29) is 11.1 Å². The number of allylic oxidation sites excluding steroid dienone is 1. The zero-order valence-electron chi connectivity index (χ0n) is 14.6. The van der Waals surface area contributed by atoms with E-state index >= 15 is 0 Å². The summed E-state index contributed by atoms with van der Waals surface area (Å²) in [4.78, 5) is 31.5. The van der Waals surface area contributed by atoms with Crippen molar-refractivity contribution in [2.24, 2.45) is 10.7 Å². The quantitative estimate of drug-likeness (QED) is 0.787. The number of benzene rings is 1. The SMILES string of the molecule is CCc1cc2c3c(c1)/C(=C1\SC(N)=NC1=O)C(=O)N3C(C)(C)C=C2C. The van der Waals surface area contributed by atoms with Crippen molar-refractivity contribution in [1.82, 2.24) is 0 Å². The van der Waals surface area contributed by atoms with E-state index in [4.69, 9.17) is 5.73 Å². The van der Waals surface area contributed by atoms with Crippen molar-refractivity contribution in [3.8, 4) is 0 Å². The average molecular weight is 353 g/mol. The largest absolute Gasteiger partial charge is 0.378 e. The maximum absolute atomic E-state index is 13.3. The number of hydrogen-bond donors (Lipinski definition) is 1. The van der Waals surface area contributed by atoms with Crippen molar-refractivity contribution in [1.29, 1.82) is 0 Å². The lowest BCUT2D eigenvalue weighted by Gasteiger charge is -2.38. The van der Waals surface area contributed by atoms with Crippen LogP contribution in [0.25, 0.3) is 11.1 Å². The average Bonchev–Trinajstić information content (AvgIpc) is 3.00. The Kier molecular flexibility index (Phi) is 3.28. The summed E-state index contributed by atoms with van der Waals surface area (Å²) in [5, 5.41) is 0.190. The van der Waals surface area contributed by atoms with E-state index in [1.165, 1.54) is 0 Å². The number of rotatable bonds is 1. The number of aryl methyl sites for hydroxylation is 1. The van der Waals surface area contributed by atoms with Gasteiger partial charge >= 0.3 is 0 Å². The molecule has 128 valence electrons. The topological polar surface area (TPSA) is 75.8 Å². The second kappa shape index (κ2) is 5.08. The minimum absolute atomic E-state index is 0.154. The van der Waals surface area contributed by atoms with Gasteiger partial charge in [0.25, 0.3) is 11.8 Å². The number of hydrogen-bond acceptors (Lipinski definition) is 4. The Hall–Kier alpha value is -2.34. The summed E-state index contributed by atoms with van der Waals surface area (Å²) in [5.41, 5.74) is 10.7. The minimum atomic E-state index is -0.461. The van der Waals surface area contributed by atoms with Crippen LogP contribution in [0.1, 0.15) is 44.4 Å². The first kappa shape index (κ1) is 16.1. The Bertz CT molecular complexity index is 954. The van der Waals surface area contributed by atoms with Crippen LogP contribution in [0.3, 0.4) is 0 Å². The molecule has 0 aliphatic carbocycles. The molecule has 4 rings (SSSR count). The van der Waals surface area contributed by atoms with Crippen LogP contribution in [0.4, 0.5) is 5.69 Å². The molecule has 0 atom stereocenters. The summed E-state index contributed by atoms with van der Waals surface area (Å²) in [6.45, 7) is 8.17. The van der Waals surface area contributed by atoms with Gasteiger partial charge in [-0.3, -0.25) is 14.5 Å². The van der Waals surface area contributed by atoms with Gasteiger partial charge in [0.05, 0.1) is 21.7 Å². The van der Waals surface area contributed by atoms with Gasteiger partial charge in [0, 0.05) is 11.1 Å². The van der Waals surface area contributed by atoms with E-state index < -0.39 is 11.4 Å². The summed E-state index contributed by atoms with van der Waals surface area (Å²) in [7, 11) is 0. The number of carbonyl (C=O) groups is 2. The lowest BCUT2D eigenvalue weighted by molar-refractivity contribution is -0.115. The molecule has 3 aliphatic rings. The summed E-state index contributed by atoms with van der Waals surface area (Å²) in [5.74, 6) is -0.581. The van der Waals surface area contributed by atoms with Crippen LogP contribution in [-0.2, 0) is 16.0 Å². The first-order chi connectivity index (χ1) is 11.7. The van der Waals surface area contributed by atoms with Gasteiger partial charge in [0.1, 0.15) is 0 Å². The lowest BCUT2D eigenvalue weighted by atomic mass is 9.87. The van der Waals surface area contributed by atoms with E-state index in [9.17, 15) is 9.59 Å². The Labute approximate surface area is 150 Å². The predicted molar refractivity (Wildman–Crippen MR) is 102 cm³/mol. The molecule has 0 fully saturated rings. The van der Waals surface area contributed by atoms with Gasteiger partial charge in [-0.1, -0.05) is 13.0 Å². The lowest BCUT2D eigenvalue weighted by Crippen LogP contribution is -2.46. The standard InChI is InChI=1S/C19H19N3O2S/c1-5-10-6-11-9(2)8-19(3,4)22-14(11)12(7-10)13(17(22)24)15-16(23)21-18(20)25-15/h6-8H,5H2,1-4H3,(H2,20,21,23)/b15-13+. The molecule has 0 saturated carbocycles. The fourth-order valence-electron chi connectivity index (χ4n) is 3.88. The molecule has 3 aliphatic heterocycles. The van der Waals surface area contributed by atoms with Gasteiger partial charge in [-0.15, -0.1) is 0 Å². The number of aliphatic imine (C=N–C) groups is 1. The van der Waals surface area contributed by atoms with Gasteiger partial charge in [-0.05, 0) is 62.2 Å². The molecular formula is C19H19N3O2S. The predicted octanol–water partition coefficient (Wildman–Crippen LogP) is 3.09. The zero-order chi connectivity index (χ0) is 18.1. The number of nitrogens with two attached hydrogens (primary N) is 1. The number of nitrogens with zero attached hydrogens (tertiary/aromatic N) is 2. The van der Waals surface area contributed by atoms with Crippen molar-refractivity contribution < 1.29 is 9.59 Å². The molecule has 1 aromatic rings. The Balaban J connectivity index is 2.07. The van der Waals surface area contributed by atoms with Gasteiger partial charge in [-0.25, -0.2) is 0 Å². The third kappa shape index (κ3) is 2.13. The number of amidine groups is 1. The van der Waals surface area contributed by atoms with E-state index in [0.29, 0.717) is 10.5 Å². The summed E-state index contributed by atoms with van der Waals surface area (Å²) >= 11 is 1.08. The van der Waals surface area contributed by atoms with Crippen LogP contribution in [0.5, 0.6) is 0 Å². The molecule has 5 nitrogen and oxygen atoms in total. The third-order valence-electron chi connectivity index (χ3n) is 4.90. The fourth-order valence-corrected chi connectivity index (χ4v) is 4.65. The molecule has 0 spiro atoms. The second-order valence-electron chi connectivity index (χ2n) is 7.08. The van der Waals surface area contributed by atoms with E-state index in [1.807, 2.05) is 19.9 Å². The summed E-state index contributed by atoms with van der Waals surface area (Å²) < 4.78 is 0. The molecular weight excluding hydrogens is 334 g/mol. The number of amides is 2. The van der Waals surface area contributed by atoms with Crippen molar-refractivity contribution in [2.75, 3.05) is 4.90 Å². The highest BCUT2D eigenvalue weighted by Gasteiger charge is 2.47. The first-order valence-corrected chi connectivity index (χ1v) is 9.08. The smallest absolute Gasteiger partial charge is 0.287 e. The van der Waals surface area contributed by atoms with Crippen molar-refractivity contribution in [2.45, 2.75) is 39.7 Å². The second-order valence-corrected chi connectivity index (χ2v) is 8.11. The van der Waals surface area contributed by atoms with Crippen LogP contribution >= 0.6 is 11.8 Å². The van der Waals surface area contributed by atoms with Gasteiger partial charge < -0.3 is 5.73 Å². The van der Waals surface area contributed by atoms with Crippen LogP contribution in [0.15, 0.2) is 28.1 Å². The first-order valence-electron chi connectivity index (χ1n) is 8.27. The highest BCUT2D eigenvalue weighted by atomic mass is 32.2. The highest BCUT2D eigenvalue weighted by molar-refractivity contribution is 8.18. The van der Waals surface area contributed by atoms with Crippen LogP contribution < -0.4 is 10.6 Å². The molecule has 1 aromatic carbocycles. The van der Waals surface area contributed by atoms with Crippen molar-refractivity contribution >= 4 is 45.6 Å². The van der Waals surface area contributed by atoms with E-state index in [0.717, 1.165) is 46.1 Å². The molecule has 0 radical (unpaired) electrons. The summed E-state index contributed by atoms with van der Waals surface area (Å²) in [6.07, 6.45) is 2.96. The van der Waals surface area contributed by atoms with Gasteiger partial charge in [0.15, 0.2) is 5.17 Å². The van der Waals surface area contributed by atoms with Crippen molar-refractivity contribution in [3.63, 3.8) is 0 Å². The number of thioether (sulfide) groups is 1. The van der Waals surface area contributed by atoms with Gasteiger partial charge in [0.2, 0.25) is 0 Å². The molecule has 25 heavy (non-hydrogen) atoms. The van der Waals surface area contributed by atoms with Crippen LogP contribution in [-0.4, -0.2) is 22.5 Å². The molecule has 0 aromatic heterocycles. The minimum Gasteiger partial charge on any atom is -0.378 e. The Morgan fingerprint density at radius 1 is 1.24 bits per heavy atom. The van der Waals surface area contributed by atoms with Crippen molar-refractivity contribution in [3.05, 3.63) is 39.8 Å². The van der Waals surface area contributed by atoms with E-state index in [2.05, 4.69) is 31.0 Å². The fraction of sp³-hybridized carbons (Fsp3) is 0.316. The van der Waals surface area contributed by atoms with Crippen LogP contribution in [0.2, 0.25) is 0 Å². The summed E-state index contributed by atoms with van der Waals surface area (Å²) in [6, 6.07) is 4.17. The molecule has 2 N–H and O–H groups in total. The molecule has 0 saturated heterocycles. The number of carbonyl (C=O) groups excluding carboxylic acids is 2. The normalized spacial score (nSPS) is 23.8. The molecule has 0 bridgehead atoms. The molecule has 0 unspecified atom stereocenters. The number of anilines is 1. The maximum atomic E-state index is 13.3. The highest BCUT2D eigenvalue weighted by Crippen LogP contribution is 2.51. The Morgan fingerprint density at radius 2 is 1.92 bits per heavy atom. The monoisotopic (exact) mass is 353 g/mol. The maximum Gasteiger partial charge on any atom is 0.287 e. The van der Waals surface area contributed by atoms with Gasteiger partial charge in [-0.2, -0.15) is 4.99 Å². The molecule has 6 heteroatoms. The third-order valence-corrected chi connectivity index (χ3v) is 5.78. The molecule has 2 amide bonds. The van der Waals surface area contributed by atoms with E-state index in [1.54, 1.807) is 4.90 Å².